The number of hydrogen-bond acceptors (Lipinski definition) is 4. The quantitative estimate of drug-likeness (QED) is 0.727. The Morgan fingerprint density at radius 2 is 1.63 bits per heavy atom. The Kier molecular flexibility index (Phi) is 4.05. The van der Waals surface area contributed by atoms with Gasteiger partial charge in [-0.15, -0.1) is 0 Å². The number of likely N-dealkylation sites (tertiary alicyclic amines) is 1. The third kappa shape index (κ3) is 2.93. The van der Waals surface area contributed by atoms with Crippen LogP contribution in [0, 0.1) is 5.92 Å². The summed E-state index contributed by atoms with van der Waals surface area (Å²) in [5.41, 5.74) is 0. The first kappa shape index (κ1) is 13.3. The smallest absolute Gasteiger partial charge is 0.228 e. The standard InChI is InChI=1S/C14H26N4O/c1-16-4-2-13(3-5-16)17-6-8-18(9-7-17)14(19)12-10-15-11-12/h12-13,15H,2-11H2,1H3. The lowest BCUT2D eigenvalue weighted by molar-refractivity contribution is -0.139. The first-order valence-electron chi connectivity index (χ1n) is 7.66. The van der Waals surface area contributed by atoms with E-state index in [0.29, 0.717) is 5.91 Å². The molecule has 0 bridgehead atoms. The highest BCUT2D eigenvalue weighted by molar-refractivity contribution is 5.80. The van der Waals surface area contributed by atoms with Crippen molar-refractivity contribution in [3.05, 3.63) is 0 Å². The van der Waals surface area contributed by atoms with Gasteiger partial charge in [0.05, 0.1) is 5.92 Å². The van der Waals surface area contributed by atoms with Gasteiger partial charge < -0.3 is 15.1 Å². The summed E-state index contributed by atoms with van der Waals surface area (Å²) in [6.45, 7) is 8.21. The molecule has 0 unspecified atom stereocenters. The minimum Gasteiger partial charge on any atom is -0.340 e. The van der Waals surface area contributed by atoms with Gasteiger partial charge in [-0.3, -0.25) is 9.69 Å². The number of carbonyl (C=O) groups excluding carboxylic acids is 1. The van der Waals surface area contributed by atoms with E-state index in [9.17, 15) is 4.79 Å². The van der Waals surface area contributed by atoms with Crippen molar-refractivity contribution in [2.75, 3.05) is 59.4 Å². The van der Waals surface area contributed by atoms with Crippen LogP contribution in [0.2, 0.25) is 0 Å². The summed E-state index contributed by atoms with van der Waals surface area (Å²) >= 11 is 0. The fourth-order valence-electron chi connectivity index (χ4n) is 3.39. The molecule has 3 aliphatic heterocycles. The first-order chi connectivity index (χ1) is 9.24. The van der Waals surface area contributed by atoms with Crippen molar-refractivity contribution in [3.63, 3.8) is 0 Å². The molecule has 3 saturated heterocycles. The van der Waals surface area contributed by atoms with Gasteiger partial charge in [-0.1, -0.05) is 0 Å². The molecule has 108 valence electrons. The molecule has 5 heteroatoms. The van der Waals surface area contributed by atoms with Gasteiger partial charge in [0.15, 0.2) is 0 Å². The van der Waals surface area contributed by atoms with E-state index >= 15 is 0 Å². The summed E-state index contributed by atoms with van der Waals surface area (Å²) in [5, 5.41) is 3.18. The zero-order chi connectivity index (χ0) is 13.2. The second kappa shape index (κ2) is 5.77. The van der Waals surface area contributed by atoms with E-state index in [0.717, 1.165) is 45.3 Å². The van der Waals surface area contributed by atoms with Crippen LogP contribution in [-0.2, 0) is 4.79 Å². The van der Waals surface area contributed by atoms with Gasteiger partial charge in [-0.2, -0.15) is 0 Å². The summed E-state index contributed by atoms with van der Waals surface area (Å²) in [6, 6.07) is 0.749. The van der Waals surface area contributed by atoms with Gasteiger partial charge >= 0.3 is 0 Å². The van der Waals surface area contributed by atoms with Crippen LogP contribution in [0.15, 0.2) is 0 Å². The molecule has 0 spiro atoms. The Hall–Kier alpha value is -0.650. The van der Waals surface area contributed by atoms with E-state index in [2.05, 4.69) is 27.1 Å². The van der Waals surface area contributed by atoms with Crippen molar-refractivity contribution in [3.8, 4) is 0 Å². The van der Waals surface area contributed by atoms with Crippen LogP contribution < -0.4 is 5.32 Å². The average molecular weight is 266 g/mol. The van der Waals surface area contributed by atoms with E-state index in [1.54, 1.807) is 0 Å². The molecule has 3 rings (SSSR count). The number of nitrogens with one attached hydrogen (secondary N) is 1. The van der Waals surface area contributed by atoms with E-state index in [1.807, 2.05) is 0 Å². The maximum atomic E-state index is 12.2. The largest absolute Gasteiger partial charge is 0.340 e. The predicted octanol–water partition coefficient (Wildman–Crippen LogP) is -0.556. The maximum absolute atomic E-state index is 12.2. The molecule has 3 aliphatic rings. The van der Waals surface area contributed by atoms with Gasteiger partial charge in [-0.05, 0) is 33.0 Å². The minimum atomic E-state index is 0.259. The van der Waals surface area contributed by atoms with Gasteiger partial charge in [0, 0.05) is 45.3 Å². The Bertz CT molecular complexity index is 315. The second-order valence-corrected chi connectivity index (χ2v) is 6.25. The number of piperazine rings is 1. The Balaban J connectivity index is 1.45. The van der Waals surface area contributed by atoms with Gasteiger partial charge in [-0.25, -0.2) is 0 Å². The fourth-order valence-corrected chi connectivity index (χ4v) is 3.39. The van der Waals surface area contributed by atoms with Crippen LogP contribution in [0.25, 0.3) is 0 Å². The zero-order valence-corrected chi connectivity index (χ0v) is 12.0. The molecule has 0 aromatic heterocycles. The summed E-state index contributed by atoms with van der Waals surface area (Å²) in [7, 11) is 2.21. The van der Waals surface area contributed by atoms with E-state index in [4.69, 9.17) is 0 Å². The molecule has 0 aliphatic carbocycles. The van der Waals surface area contributed by atoms with Crippen molar-refractivity contribution < 1.29 is 4.79 Å². The molecule has 3 fully saturated rings. The number of rotatable bonds is 2. The highest BCUT2D eigenvalue weighted by Crippen LogP contribution is 2.18. The SMILES string of the molecule is CN1CCC(N2CCN(C(=O)C3CNC3)CC2)CC1. The highest BCUT2D eigenvalue weighted by atomic mass is 16.2. The lowest BCUT2D eigenvalue weighted by atomic mass is 10.00. The summed E-state index contributed by atoms with van der Waals surface area (Å²) in [4.78, 5) is 19.3. The predicted molar refractivity (Wildman–Crippen MR) is 75.0 cm³/mol. The lowest BCUT2D eigenvalue weighted by Crippen LogP contribution is -2.58. The Labute approximate surface area is 115 Å². The van der Waals surface area contributed by atoms with Crippen LogP contribution >= 0.6 is 0 Å². The van der Waals surface area contributed by atoms with Gasteiger partial charge in [0.25, 0.3) is 0 Å². The van der Waals surface area contributed by atoms with Crippen molar-refractivity contribution in [2.24, 2.45) is 5.92 Å². The second-order valence-electron chi connectivity index (χ2n) is 6.25. The van der Waals surface area contributed by atoms with Crippen molar-refractivity contribution in [1.29, 1.82) is 0 Å². The average Bonchev–Trinajstić information content (AvgIpc) is 2.38. The summed E-state index contributed by atoms with van der Waals surface area (Å²) in [6.07, 6.45) is 2.58. The first-order valence-corrected chi connectivity index (χ1v) is 7.66. The molecular weight excluding hydrogens is 240 g/mol. The molecule has 0 atom stereocenters. The van der Waals surface area contributed by atoms with Crippen LogP contribution in [0.1, 0.15) is 12.8 Å². The van der Waals surface area contributed by atoms with E-state index < -0.39 is 0 Å². The Morgan fingerprint density at radius 1 is 1.00 bits per heavy atom. The molecule has 0 aromatic rings. The topological polar surface area (TPSA) is 38.8 Å². The summed E-state index contributed by atoms with van der Waals surface area (Å²) in [5.74, 6) is 0.636. The minimum absolute atomic E-state index is 0.259. The van der Waals surface area contributed by atoms with Crippen LogP contribution in [0.3, 0.4) is 0 Å². The van der Waals surface area contributed by atoms with E-state index in [-0.39, 0.29) is 5.92 Å². The Morgan fingerprint density at radius 3 is 2.16 bits per heavy atom. The molecule has 1 amide bonds. The van der Waals surface area contributed by atoms with Crippen molar-refractivity contribution in [1.82, 2.24) is 20.0 Å². The molecule has 5 nitrogen and oxygen atoms in total. The molecule has 3 heterocycles. The maximum Gasteiger partial charge on any atom is 0.228 e. The molecule has 19 heavy (non-hydrogen) atoms. The lowest BCUT2D eigenvalue weighted by Gasteiger charge is -2.43. The molecule has 0 aromatic carbocycles. The van der Waals surface area contributed by atoms with Crippen LogP contribution in [0.5, 0.6) is 0 Å². The number of hydrogen-bond donors (Lipinski definition) is 1. The third-order valence-electron chi connectivity index (χ3n) is 4.96. The summed E-state index contributed by atoms with van der Waals surface area (Å²) < 4.78 is 0. The molecular formula is C14H26N4O. The van der Waals surface area contributed by atoms with Gasteiger partial charge in [0.1, 0.15) is 0 Å². The normalized spacial score (nSPS) is 28.4. The third-order valence-corrected chi connectivity index (χ3v) is 4.96. The zero-order valence-electron chi connectivity index (χ0n) is 12.0. The fraction of sp³-hybridized carbons (Fsp3) is 0.929. The number of piperidine rings is 1. The van der Waals surface area contributed by atoms with E-state index in [1.165, 1.54) is 25.9 Å². The van der Waals surface area contributed by atoms with Crippen LogP contribution in [-0.4, -0.2) is 86.1 Å². The van der Waals surface area contributed by atoms with Gasteiger partial charge in [0.2, 0.25) is 5.91 Å². The molecule has 0 saturated carbocycles. The number of amides is 1. The number of carbonyl (C=O) groups is 1. The highest BCUT2D eigenvalue weighted by Gasteiger charge is 2.32. The number of nitrogens with zero attached hydrogens (tertiary/aromatic N) is 3. The molecule has 1 N–H and O–H groups in total. The molecule has 0 radical (unpaired) electrons. The van der Waals surface area contributed by atoms with Crippen molar-refractivity contribution >= 4 is 5.91 Å². The van der Waals surface area contributed by atoms with Crippen molar-refractivity contribution in [2.45, 2.75) is 18.9 Å². The monoisotopic (exact) mass is 266 g/mol. The van der Waals surface area contributed by atoms with Crippen LogP contribution in [0.4, 0.5) is 0 Å².